The quantitative estimate of drug-likeness (QED) is 0.772. The summed E-state index contributed by atoms with van der Waals surface area (Å²) in [4.78, 5) is 33.8. The number of carbonyl (C=O) groups excluding carboxylic acids is 2. The van der Waals surface area contributed by atoms with Gasteiger partial charge in [-0.15, -0.1) is 0 Å². The number of nitrogens with zero attached hydrogens (tertiary/aromatic N) is 1. The number of hydrogen-bond donors (Lipinski definition) is 3. The molecule has 0 atom stereocenters. The highest BCUT2D eigenvalue weighted by Crippen LogP contribution is 2.21. The lowest BCUT2D eigenvalue weighted by atomic mass is 10.1. The Morgan fingerprint density at radius 3 is 2.70 bits per heavy atom. The number of nitrogens with one attached hydrogen (secondary N) is 2. The number of carbonyl (C=O) groups is 3. The number of aromatic carboxylic acids is 1. The first-order valence-corrected chi connectivity index (χ1v) is 6.46. The normalized spacial score (nSPS) is 14.2. The molecule has 0 spiro atoms. The smallest absolute Gasteiger partial charge is 0.336 e. The highest BCUT2D eigenvalue weighted by atomic mass is 79.9. The second kappa shape index (κ2) is 5.83. The van der Waals surface area contributed by atoms with Crippen LogP contribution in [0.2, 0.25) is 0 Å². The maximum atomic E-state index is 11.9. The first-order chi connectivity index (χ1) is 9.47. The highest BCUT2D eigenvalue weighted by Gasteiger charge is 2.19. The monoisotopic (exact) mass is 339 g/mol. The Morgan fingerprint density at radius 2 is 2.10 bits per heavy atom. The SMILES string of the molecule is O=C1CCC(C(=O)Nc2ccc(Br)c(C(=O)O)c2)=NN1. The molecule has 7 nitrogen and oxygen atoms in total. The third kappa shape index (κ3) is 3.21. The van der Waals surface area contributed by atoms with E-state index in [-0.39, 0.29) is 30.0 Å². The summed E-state index contributed by atoms with van der Waals surface area (Å²) >= 11 is 3.12. The van der Waals surface area contributed by atoms with Crippen molar-refractivity contribution in [1.82, 2.24) is 5.43 Å². The van der Waals surface area contributed by atoms with E-state index in [1.54, 1.807) is 6.07 Å². The molecule has 1 aliphatic rings. The molecule has 1 aromatic carbocycles. The molecule has 0 bridgehead atoms. The molecular weight excluding hydrogens is 330 g/mol. The Kier molecular flexibility index (Phi) is 4.14. The van der Waals surface area contributed by atoms with Crippen LogP contribution in [0.3, 0.4) is 0 Å². The summed E-state index contributed by atoms with van der Waals surface area (Å²) in [5.41, 5.74) is 2.81. The van der Waals surface area contributed by atoms with E-state index in [2.05, 4.69) is 31.8 Å². The molecule has 1 aliphatic heterocycles. The van der Waals surface area contributed by atoms with E-state index in [1.807, 2.05) is 0 Å². The molecule has 2 rings (SSSR count). The number of halogens is 1. The van der Waals surface area contributed by atoms with Crippen molar-refractivity contribution in [2.24, 2.45) is 5.10 Å². The van der Waals surface area contributed by atoms with Crippen LogP contribution in [0.25, 0.3) is 0 Å². The predicted molar refractivity (Wildman–Crippen MR) is 74.5 cm³/mol. The van der Waals surface area contributed by atoms with Gasteiger partial charge in [-0.3, -0.25) is 9.59 Å². The molecule has 0 aliphatic carbocycles. The van der Waals surface area contributed by atoms with E-state index in [0.717, 1.165) is 0 Å². The molecule has 0 unspecified atom stereocenters. The molecule has 1 aromatic rings. The zero-order chi connectivity index (χ0) is 14.7. The van der Waals surface area contributed by atoms with Crippen LogP contribution >= 0.6 is 15.9 Å². The zero-order valence-electron chi connectivity index (χ0n) is 10.1. The van der Waals surface area contributed by atoms with Gasteiger partial charge in [-0.1, -0.05) is 0 Å². The van der Waals surface area contributed by atoms with Crippen LogP contribution in [0.5, 0.6) is 0 Å². The minimum atomic E-state index is -1.10. The van der Waals surface area contributed by atoms with Gasteiger partial charge in [0.2, 0.25) is 5.91 Å². The van der Waals surface area contributed by atoms with Crippen LogP contribution < -0.4 is 10.7 Å². The van der Waals surface area contributed by atoms with Crippen molar-refractivity contribution in [3.05, 3.63) is 28.2 Å². The second-order valence-electron chi connectivity index (χ2n) is 4.05. The van der Waals surface area contributed by atoms with Gasteiger partial charge in [0.05, 0.1) is 5.56 Å². The standard InChI is InChI=1S/C12H10BrN3O4/c13-8-2-1-6(5-7(8)12(19)20)14-11(18)9-3-4-10(17)16-15-9/h1-2,5H,3-4H2,(H,14,18)(H,16,17)(H,19,20). The van der Waals surface area contributed by atoms with Crippen molar-refractivity contribution < 1.29 is 19.5 Å². The Balaban J connectivity index is 2.14. The van der Waals surface area contributed by atoms with Gasteiger partial charge in [0.1, 0.15) is 5.71 Å². The van der Waals surface area contributed by atoms with Crippen molar-refractivity contribution in [3.8, 4) is 0 Å². The number of hydrazone groups is 1. The fourth-order valence-electron chi connectivity index (χ4n) is 1.61. The largest absolute Gasteiger partial charge is 0.478 e. The van der Waals surface area contributed by atoms with Gasteiger partial charge in [0.15, 0.2) is 0 Å². The van der Waals surface area contributed by atoms with E-state index < -0.39 is 11.9 Å². The van der Waals surface area contributed by atoms with Crippen LogP contribution in [0.15, 0.2) is 27.8 Å². The molecule has 0 fully saturated rings. The van der Waals surface area contributed by atoms with Crippen LogP contribution in [-0.2, 0) is 9.59 Å². The summed E-state index contributed by atoms with van der Waals surface area (Å²) < 4.78 is 0.422. The van der Waals surface area contributed by atoms with Crippen LogP contribution in [0, 0.1) is 0 Å². The first-order valence-electron chi connectivity index (χ1n) is 5.67. The summed E-state index contributed by atoms with van der Waals surface area (Å²) in [6.07, 6.45) is 0.451. The number of benzene rings is 1. The number of hydrogen-bond acceptors (Lipinski definition) is 4. The minimum absolute atomic E-state index is 0.0432. The van der Waals surface area contributed by atoms with Gasteiger partial charge in [0, 0.05) is 23.0 Å². The average Bonchev–Trinajstić information content (AvgIpc) is 2.41. The lowest BCUT2D eigenvalue weighted by Gasteiger charge is -2.12. The van der Waals surface area contributed by atoms with Crippen LogP contribution in [0.1, 0.15) is 23.2 Å². The number of rotatable bonds is 3. The Hall–Kier alpha value is -2.22. The molecule has 104 valence electrons. The third-order valence-electron chi connectivity index (χ3n) is 2.62. The fourth-order valence-corrected chi connectivity index (χ4v) is 2.02. The fraction of sp³-hybridized carbons (Fsp3) is 0.167. The Morgan fingerprint density at radius 1 is 1.35 bits per heavy atom. The van der Waals surface area contributed by atoms with E-state index in [4.69, 9.17) is 5.11 Å². The van der Waals surface area contributed by atoms with Crippen molar-refractivity contribution in [1.29, 1.82) is 0 Å². The predicted octanol–water partition coefficient (Wildman–Crippen LogP) is 1.35. The summed E-state index contributed by atoms with van der Waals surface area (Å²) in [5, 5.41) is 15.2. The highest BCUT2D eigenvalue weighted by molar-refractivity contribution is 9.10. The van der Waals surface area contributed by atoms with Crippen LogP contribution in [0.4, 0.5) is 5.69 Å². The van der Waals surface area contributed by atoms with E-state index in [9.17, 15) is 14.4 Å². The average molecular weight is 340 g/mol. The number of amides is 2. The van der Waals surface area contributed by atoms with E-state index in [0.29, 0.717) is 10.2 Å². The second-order valence-corrected chi connectivity index (χ2v) is 4.90. The maximum absolute atomic E-state index is 11.9. The lowest BCUT2D eigenvalue weighted by Crippen LogP contribution is -2.32. The van der Waals surface area contributed by atoms with Gasteiger partial charge in [-0.05, 0) is 34.1 Å². The molecular formula is C12H10BrN3O4. The molecule has 3 N–H and O–H groups in total. The summed E-state index contributed by atoms with van der Waals surface area (Å²) in [6, 6.07) is 4.44. The van der Waals surface area contributed by atoms with Gasteiger partial charge in [-0.25, -0.2) is 10.2 Å². The number of carboxylic acids is 1. The summed E-state index contributed by atoms with van der Waals surface area (Å²) in [6.45, 7) is 0. The van der Waals surface area contributed by atoms with E-state index >= 15 is 0 Å². The topological polar surface area (TPSA) is 108 Å². The summed E-state index contributed by atoms with van der Waals surface area (Å²) in [5.74, 6) is -1.81. The maximum Gasteiger partial charge on any atom is 0.336 e. The van der Waals surface area contributed by atoms with Gasteiger partial charge >= 0.3 is 5.97 Å². The van der Waals surface area contributed by atoms with Crippen LogP contribution in [-0.4, -0.2) is 28.6 Å². The van der Waals surface area contributed by atoms with Gasteiger partial charge in [0.25, 0.3) is 5.91 Å². The van der Waals surface area contributed by atoms with Gasteiger partial charge in [-0.2, -0.15) is 5.10 Å². The molecule has 20 heavy (non-hydrogen) atoms. The Bertz CT molecular complexity index is 627. The first kappa shape index (κ1) is 14.2. The van der Waals surface area contributed by atoms with Crippen molar-refractivity contribution in [2.45, 2.75) is 12.8 Å². The zero-order valence-corrected chi connectivity index (χ0v) is 11.7. The summed E-state index contributed by atoms with van der Waals surface area (Å²) in [7, 11) is 0. The number of carboxylic acid groups (broad SMARTS) is 1. The third-order valence-corrected chi connectivity index (χ3v) is 3.31. The molecule has 0 radical (unpaired) electrons. The van der Waals surface area contributed by atoms with Gasteiger partial charge < -0.3 is 10.4 Å². The number of anilines is 1. The molecule has 0 aromatic heterocycles. The van der Waals surface area contributed by atoms with E-state index in [1.165, 1.54) is 12.1 Å². The lowest BCUT2D eigenvalue weighted by molar-refractivity contribution is -0.121. The molecule has 1 heterocycles. The molecule has 0 saturated carbocycles. The molecule has 8 heteroatoms. The van der Waals surface area contributed by atoms with Crippen molar-refractivity contribution in [3.63, 3.8) is 0 Å². The van der Waals surface area contributed by atoms with Crippen molar-refractivity contribution in [2.75, 3.05) is 5.32 Å². The molecule has 2 amide bonds. The molecule has 0 saturated heterocycles. The van der Waals surface area contributed by atoms with Crippen molar-refractivity contribution >= 4 is 45.1 Å². The Labute approximate surface area is 122 Å². The minimum Gasteiger partial charge on any atom is -0.478 e.